The first-order valence-corrected chi connectivity index (χ1v) is 6.73. The first-order chi connectivity index (χ1) is 7.17. The third kappa shape index (κ3) is 4.29. The maximum absolute atomic E-state index is 5.84. The van der Waals surface area contributed by atoms with Gasteiger partial charge in [-0.3, -0.25) is 4.90 Å². The molecule has 2 atom stereocenters. The largest absolute Gasteiger partial charge is 0.300 e. The van der Waals surface area contributed by atoms with Crippen LogP contribution in [0.15, 0.2) is 0 Å². The maximum atomic E-state index is 5.84. The quantitative estimate of drug-likeness (QED) is 0.672. The highest BCUT2D eigenvalue weighted by Gasteiger charge is 2.20. The Morgan fingerprint density at radius 1 is 1.13 bits per heavy atom. The number of hydrogen-bond donors (Lipinski definition) is 0. The van der Waals surface area contributed by atoms with E-state index >= 15 is 0 Å². The van der Waals surface area contributed by atoms with E-state index in [9.17, 15) is 0 Å². The highest BCUT2D eigenvalue weighted by molar-refractivity contribution is 6.18. The predicted molar refractivity (Wildman–Crippen MR) is 67.7 cm³/mol. The zero-order valence-electron chi connectivity index (χ0n) is 10.4. The molecule has 1 rings (SSSR count). The van der Waals surface area contributed by atoms with E-state index in [1.807, 2.05) is 0 Å². The highest BCUT2D eigenvalue weighted by Crippen LogP contribution is 2.10. The fraction of sp³-hybridized carbons (Fsp3) is 1.00. The fourth-order valence-electron chi connectivity index (χ4n) is 2.13. The molecule has 2 unspecified atom stereocenters. The van der Waals surface area contributed by atoms with Gasteiger partial charge in [-0.15, -0.1) is 11.6 Å². The average Bonchev–Trinajstić information content (AvgIpc) is 2.29. The summed E-state index contributed by atoms with van der Waals surface area (Å²) >= 11 is 5.84. The van der Waals surface area contributed by atoms with Gasteiger partial charge in [0.1, 0.15) is 0 Å². The third-order valence-corrected chi connectivity index (χ3v) is 3.98. The number of hydrogen-bond acceptors (Lipinski definition) is 2. The van der Waals surface area contributed by atoms with Gasteiger partial charge in [0.2, 0.25) is 0 Å². The van der Waals surface area contributed by atoms with E-state index in [0.29, 0.717) is 5.92 Å². The van der Waals surface area contributed by atoms with Gasteiger partial charge in [0.05, 0.1) is 0 Å². The molecule has 3 heteroatoms. The van der Waals surface area contributed by atoms with Crippen LogP contribution in [0.4, 0.5) is 0 Å². The van der Waals surface area contributed by atoms with Gasteiger partial charge < -0.3 is 4.90 Å². The molecule has 1 fully saturated rings. The summed E-state index contributed by atoms with van der Waals surface area (Å²) in [5.41, 5.74) is 0. The molecule has 0 amide bonds. The standard InChI is InChI=1S/C12H25ClN2/c1-4-12(3)15-7-5-14(6-8-15)10-11(2)9-13/h11-12H,4-10H2,1-3H3. The van der Waals surface area contributed by atoms with E-state index in [-0.39, 0.29) is 0 Å². The van der Waals surface area contributed by atoms with Crippen molar-refractivity contribution in [3.8, 4) is 0 Å². The van der Waals surface area contributed by atoms with Gasteiger partial charge in [0, 0.05) is 44.6 Å². The summed E-state index contributed by atoms with van der Waals surface area (Å²) < 4.78 is 0. The van der Waals surface area contributed by atoms with Crippen molar-refractivity contribution >= 4 is 11.6 Å². The number of rotatable bonds is 5. The van der Waals surface area contributed by atoms with Crippen LogP contribution < -0.4 is 0 Å². The van der Waals surface area contributed by atoms with Crippen LogP contribution in [-0.4, -0.2) is 54.4 Å². The lowest BCUT2D eigenvalue weighted by molar-refractivity contribution is 0.0936. The summed E-state index contributed by atoms with van der Waals surface area (Å²) in [6.07, 6.45) is 1.26. The molecule has 1 aliphatic heterocycles. The lowest BCUT2D eigenvalue weighted by Crippen LogP contribution is -2.50. The minimum Gasteiger partial charge on any atom is -0.300 e. The van der Waals surface area contributed by atoms with Crippen molar-refractivity contribution in [2.24, 2.45) is 5.92 Å². The van der Waals surface area contributed by atoms with Gasteiger partial charge >= 0.3 is 0 Å². The minimum atomic E-state index is 0.627. The molecule has 0 N–H and O–H groups in total. The number of alkyl halides is 1. The monoisotopic (exact) mass is 232 g/mol. The van der Waals surface area contributed by atoms with Crippen LogP contribution in [0.25, 0.3) is 0 Å². The molecule has 2 nitrogen and oxygen atoms in total. The molecule has 1 saturated heterocycles. The summed E-state index contributed by atoms with van der Waals surface area (Å²) in [5.74, 6) is 1.41. The SMILES string of the molecule is CCC(C)N1CCN(CC(C)CCl)CC1. The molecule has 0 aromatic carbocycles. The van der Waals surface area contributed by atoms with E-state index < -0.39 is 0 Å². The van der Waals surface area contributed by atoms with Gasteiger partial charge in [-0.05, 0) is 19.3 Å². The Bertz CT molecular complexity index is 167. The van der Waals surface area contributed by atoms with E-state index in [1.165, 1.54) is 32.6 Å². The molecule has 1 heterocycles. The van der Waals surface area contributed by atoms with Gasteiger partial charge in [-0.2, -0.15) is 0 Å². The van der Waals surface area contributed by atoms with Crippen molar-refractivity contribution in [2.75, 3.05) is 38.6 Å². The zero-order chi connectivity index (χ0) is 11.3. The van der Waals surface area contributed by atoms with Crippen molar-refractivity contribution in [3.05, 3.63) is 0 Å². The maximum Gasteiger partial charge on any atom is 0.0261 e. The molecule has 0 spiro atoms. The third-order valence-electron chi connectivity index (χ3n) is 3.45. The second-order valence-electron chi connectivity index (χ2n) is 4.85. The Hall–Kier alpha value is 0.210. The average molecular weight is 233 g/mol. The summed E-state index contributed by atoms with van der Waals surface area (Å²) in [5, 5.41) is 0. The van der Waals surface area contributed by atoms with Crippen LogP contribution in [0.3, 0.4) is 0 Å². The van der Waals surface area contributed by atoms with Gasteiger partial charge in [-0.1, -0.05) is 13.8 Å². The Morgan fingerprint density at radius 3 is 2.20 bits per heavy atom. The summed E-state index contributed by atoms with van der Waals surface area (Å²) in [6.45, 7) is 12.9. The Kier molecular flexibility index (Phi) is 5.95. The molecule has 0 saturated carbocycles. The smallest absolute Gasteiger partial charge is 0.0261 e. The Labute approximate surface area is 99.6 Å². The van der Waals surface area contributed by atoms with Crippen LogP contribution >= 0.6 is 11.6 Å². The van der Waals surface area contributed by atoms with E-state index in [1.54, 1.807) is 0 Å². The van der Waals surface area contributed by atoms with Crippen molar-refractivity contribution in [3.63, 3.8) is 0 Å². The lowest BCUT2D eigenvalue weighted by Gasteiger charge is -2.38. The summed E-state index contributed by atoms with van der Waals surface area (Å²) in [6, 6.07) is 0.748. The van der Waals surface area contributed by atoms with Crippen LogP contribution in [0.1, 0.15) is 27.2 Å². The number of nitrogens with zero attached hydrogens (tertiary/aromatic N) is 2. The summed E-state index contributed by atoms with van der Waals surface area (Å²) in [4.78, 5) is 5.15. The predicted octanol–water partition coefficient (Wildman–Crippen LogP) is 2.28. The molecule has 1 aliphatic rings. The highest BCUT2D eigenvalue weighted by atomic mass is 35.5. The first kappa shape index (κ1) is 13.3. The second-order valence-corrected chi connectivity index (χ2v) is 5.16. The van der Waals surface area contributed by atoms with Crippen molar-refractivity contribution < 1.29 is 0 Å². The van der Waals surface area contributed by atoms with Crippen LogP contribution in [0.5, 0.6) is 0 Å². The summed E-state index contributed by atoms with van der Waals surface area (Å²) in [7, 11) is 0. The van der Waals surface area contributed by atoms with Gasteiger partial charge in [0.15, 0.2) is 0 Å². The first-order valence-electron chi connectivity index (χ1n) is 6.19. The lowest BCUT2D eigenvalue weighted by atomic mass is 10.1. The van der Waals surface area contributed by atoms with Crippen molar-refractivity contribution in [1.82, 2.24) is 9.80 Å². The normalized spacial score (nSPS) is 24.0. The van der Waals surface area contributed by atoms with E-state index in [4.69, 9.17) is 11.6 Å². The van der Waals surface area contributed by atoms with Crippen LogP contribution in [-0.2, 0) is 0 Å². The van der Waals surface area contributed by atoms with E-state index in [0.717, 1.165) is 18.5 Å². The van der Waals surface area contributed by atoms with E-state index in [2.05, 4.69) is 30.6 Å². The molecule has 0 aromatic rings. The number of halogens is 1. The molecular weight excluding hydrogens is 208 g/mol. The van der Waals surface area contributed by atoms with Crippen molar-refractivity contribution in [1.29, 1.82) is 0 Å². The zero-order valence-corrected chi connectivity index (χ0v) is 11.1. The molecule has 0 aliphatic carbocycles. The molecule has 0 radical (unpaired) electrons. The number of piperazine rings is 1. The topological polar surface area (TPSA) is 6.48 Å². The molecule has 15 heavy (non-hydrogen) atoms. The molecular formula is C12H25ClN2. The van der Waals surface area contributed by atoms with Crippen LogP contribution in [0, 0.1) is 5.92 Å². The van der Waals surface area contributed by atoms with Crippen LogP contribution in [0.2, 0.25) is 0 Å². The molecule has 0 bridgehead atoms. The van der Waals surface area contributed by atoms with Gasteiger partial charge in [-0.25, -0.2) is 0 Å². The van der Waals surface area contributed by atoms with Gasteiger partial charge in [0.25, 0.3) is 0 Å². The fourth-order valence-corrected chi connectivity index (χ4v) is 2.23. The van der Waals surface area contributed by atoms with Crippen molar-refractivity contribution in [2.45, 2.75) is 33.2 Å². The molecule has 90 valence electrons. The molecule has 0 aromatic heterocycles. The Morgan fingerprint density at radius 2 is 1.73 bits per heavy atom. The minimum absolute atomic E-state index is 0.627. The second kappa shape index (κ2) is 6.72. The Balaban J connectivity index is 2.23.